The largest absolute Gasteiger partial charge is 0.463 e. The molecule has 0 atom stereocenters. The van der Waals surface area contributed by atoms with Crippen molar-refractivity contribution in [1.82, 2.24) is 9.97 Å². The number of H-pyrrole nitrogens is 1. The minimum Gasteiger partial charge on any atom is -0.463 e. The molecule has 0 saturated carbocycles. The summed E-state index contributed by atoms with van der Waals surface area (Å²) in [5.74, 6) is 2.49. The van der Waals surface area contributed by atoms with Crippen LogP contribution in [0.15, 0.2) is 32.6 Å². The number of nitrogens with one attached hydrogen (secondary N) is 1. The standard InChI is InChI=1S/C15H18N2O4S2/c1-3-6-22-8-10-7-13(18)17-15(16-10)23-9-11-4-5-12(21-11)14(19)20-2/h4-5,7H,3,6,8-9H2,1-2H3,(H,16,17,18). The number of aromatic amines is 1. The van der Waals surface area contributed by atoms with Gasteiger partial charge in [0.05, 0.1) is 18.6 Å². The second-order valence-corrected chi connectivity index (χ2v) is 6.71. The lowest BCUT2D eigenvalue weighted by atomic mass is 10.4. The molecule has 124 valence electrons. The van der Waals surface area contributed by atoms with Gasteiger partial charge in [-0.25, -0.2) is 9.78 Å². The van der Waals surface area contributed by atoms with Crippen molar-refractivity contribution >= 4 is 29.5 Å². The highest BCUT2D eigenvalue weighted by Crippen LogP contribution is 2.21. The molecule has 0 aromatic carbocycles. The number of methoxy groups -OCH3 is 1. The number of aromatic nitrogens is 2. The lowest BCUT2D eigenvalue weighted by molar-refractivity contribution is 0.0563. The molecule has 0 aliphatic rings. The summed E-state index contributed by atoms with van der Waals surface area (Å²) in [6.07, 6.45) is 1.09. The molecule has 2 heterocycles. The Bertz CT molecular complexity index is 711. The van der Waals surface area contributed by atoms with E-state index in [0.717, 1.165) is 23.6 Å². The Kier molecular flexibility index (Phi) is 6.79. The summed E-state index contributed by atoms with van der Waals surface area (Å²) in [4.78, 5) is 30.1. The molecule has 6 nitrogen and oxygen atoms in total. The zero-order valence-electron chi connectivity index (χ0n) is 13.0. The van der Waals surface area contributed by atoms with Gasteiger partial charge in [0.1, 0.15) is 5.76 Å². The van der Waals surface area contributed by atoms with E-state index in [-0.39, 0.29) is 11.3 Å². The van der Waals surface area contributed by atoms with E-state index in [1.807, 2.05) is 0 Å². The molecule has 2 aromatic heterocycles. The number of nitrogens with zero attached hydrogens (tertiary/aromatic N) is 1. The van der Waals surface area contributed by atoms with Crippen LogP contribution in [-0.4, -0.2) is 28.8 Å². The minimum absolute atomic E-state index is 0.161. The van der Waals surface area contributed by atoms with Gasteiger partial charge in [0.2, 0.25) is 5.76 Å². The van der Waals surface area contributed by atoms with Crippen molar-refractivity contribution in [1.29, 1.82) is 0 Å². The zero-order valence-corrected chi connectivity index (χ0v) is 14.6. The summed E-state index contributed by atoms with van der Waals surface area (Å²) in [6, 6.07) is 4.79. The Morgan fingerprint density at radius 3 is 2.96 bits per heavy atom. The Morgan fingerprint density at radius 2 is 2.22 bits per heavy atom. The fraction of sp³-hybridized carbons (Fsp3) is 0.400. The maximum Gasteiger partial charge on any atom is 0.373 e. The van der Waals surface area contributed by atoms with Crippen LogP contribution in [0.1, 0.15) is 35.4 Å². The Hall–Kier alpha value is -1.67. The molecule has 0 bridgehead atoms. The van der Waals surface area contributed by atoms with E-state index in [4.69, 9.17) is 4.42 Å². The van der Waals surface area contributed by atoms with Gasteiger partial charge in [0.25, 0.3) is 5.56 Å². The zero-order chi connectivity index (χ0) is 16.7. The molecule has 8 heteroatoms. The second kappa shape index (κ2) is 8.83. The van der Waals surface area contributed by atoms with Crippen LogP contribution in [-0.2, 0) is 16.2 Å². The maximum atomic E-state index is 11.7. The number of furan rings is 1. The topological polar surface area (TPSA) is 85.2 Å². The number of rotatable bonds is 8. The number of carbonyl (C=O) groups excluding carboxylic acids is 1. The summed E-state index contributed by atoms with van der Waals surface area (Å²) in [5.41, 5.74) is 0.605. The lowest BCUT2D eigenvalue weighted by Gasteiger charge is -2.03. The van der Waals surface area contributed by atoms with Crippen molar-refractivity contribution < 1.29 is 13.9 Å². The minimum atomic E-state index is -0.511. The van der Waals surface area contributed by atoms with Gasteiger partial charge >= 0.3 is 5.97 Å². The van der Waals surface area contributed by atoms with Crippen molar-refractivity contribution in [2.45, 2.75) is 30.0 Å². The normalized spacial score (nSPS) is 10.7. The van der Waals surface area contributed by atoms with Crippen molar-refractivity contribution in [3.8, 4) is 0 Å². The van der Waals surface area contributed by atoms with Crippen LogP contribution in [0.2, 0.25) is 0 Å². The third-order valence-corrected chi connectivity index (χ3v) is 4.86. The highest BCUT2D eigenvalue weighted by molar-refractivity contribution is 7.98. The van der Waals surface area contributed by atoms with E-state index in [1.54, 1.807) is 23.9 Å². The molecule has 0 aliphatic carbocycles. The van der Waals surface area contributed by atoms with Crippen molar-refractivity contribution in [3.63, 3.8) is 0 Å². The first kappa shape index (κ1) is 17.7. The summed E-state index contributed by atoms with van der Waals surface area (Å²) in [5, 5.41) is 0.542. The van der Waals surface area contributed by atoms with Gasteiger partial charge in [-0.2, -0.15) is 11.8 Å². The fourth-order valence-corrected chi connectivity index (χ4v) is 3.33. The van der Waals surface area contributed by atoms with Crippen molar-refractivity contribution in [2.24, 2.45) is 0 Å². The first-order valence-electron chi connectivity index (χ1n) is 7.10. The fourth-order valence-electron chi connectivity index (χ4n) is 1.75. The van der Waals surface area contributed by atoms with Crippen LogP contribution in [0.25, 0.3) is 0 Å². The number of esters is 1. The molecule has 0 aliphatic heterocycles. The number of ether oxygens (including phenoxy) is 1. The summed E-state index contributed by atoms with van der Waals surface area (Å²) < 4.78 is 9.97. The van der Waals surface area contributed by atoms with E-state index in [1.165, 1.54) is 24.9 Å². The van der Waals surface area contributed by atoms with Gasteiger partial charge in [0, 0.05) is 11.8 Å². The number of thioether (sulfide) groups is 2. The van der Waals surface area contributed by atoms with E-state index in [2.05, 4.69) is 21.6 Å². The average molecular weight is 354 g/mol. The summed E-state index contributed by atoms with van der Waals surface area (Å²) in [7, 11) is 1.30. The maximum absolute atomic E-state index is 11.7. The average Bonchev–Trinajstić information content (AvgIpc) is 3.01. The highest BCUT2D eigenvalue weighted by atomic mass is 32.2. The first-order chi connectivity index (χ1) is 11.1. The molecule has 1 N–H and O–H groups in total. The molecule has 0 unspecified atom stereocenters. The summed E-state index contributed by atoms with van der Waals surface area (Å²) >= 11 is 3.10. The molecular weight excluding hydrogens is 336 g/mol. The predicted octanol–water partition coefficient (Wildman–Crippen LogP) is 3.09. The number of carbonyl (C=O) groups is 1. The molecule has 2 rings (SSSR count). The molecule has 0 radical (unpaired) electrons. The van der Waals surface area contributed by atoms with E-state index in [0.29, 0.717) is 16.7 Å². The third kappa shape index (κ3) is 5.47. The Balaban J connectivity index is 1.98. The number of hydrogen-bond acceptors (Lipinski definition) is 7. The third-order valence-electron chi connectivity index (χ3n) is 2.77. The Labute approximate surface area is 142 Å². The van der Waals surface area contributed by atoms with Gasteiger partial charge in [-0.15, -0.1) is 0 Å². The predicted molar refractivity (Wildman–Crippen MR) is 90.9 cm³/mol. The summed E-state index contributed by atoms with van der Waals surface area (Å²) in [6.45, 7) is 2.12. The van der Waals surface area contributed by atoms with Crippen LogP contribution in [0.3, 0.4) is 0 Å². The van der Waals surface area contributed by atoms with Crippen LogP contribution in [0.4, 0.5) is 0 Å². The van der Waals surface area contributed by atoms with Gasteiger partial charge in [-0.1, -0.05) is 18.7 Å². The van der Waals surface area contributed by atoms with Gasteiger partial charge in [-0.3, -0.25) is 4.79 Å². The van der Waals surface area contributed by atoms with Gasteiger partial charge in [-0.05, 0) is 24.3 Å². The van der Waals surface area contributed by atoms with Crippen molar-refractivity contribution in [3.05, 3.63) is 45.8 Å². The molecule has 0 saturated heterocycles. The smallest absolute Gasteiger partial charge is 0.373 e. The SMILES string of the molecule is CCCSCc1cc(=O)[nH]c(SCc2ccc(C(=O)OC)o2)n1. The second-order valence-electron chi connectivity index (χ2n) is 4.64. The number of hydrogen-bond donors (Lipinski definition) is 1. The van der Waals surface area contributed by atoms with Gasteiger partial charge < -0.3 is 14.1 Å². The molecule has 23 heavy (non-hydrogen) atoms. The van der Waals surface area contributed by atoms with Crippen LogP contribution in [0, 0.1) is 0 Å². The van der Waals surface area contributed by atoms with Crippen LogP contribution < -0.4 is 5.56 Å². The molecule has 0 fully saturated rings. The first-order valence-corrected chi connectivity index (χ1v) is 9.24. The highest BCUT2D eigenvalue weighted by Gasteiger charge is 2.11. The van der Waals surface area contributed by atoms with Gasteiger partial charge in [0.15, 0.2) is 5.16 Å². The van der Waals surface area contributed by atoms with Crippen molar-refractivity contribution in [2.75, 3.05) is 12.9 Å². The van der Waals surface area contributed by atoms with E-state index < -0.39 is 5.97 Å². The molecule has 2 aromatic rings. The van der Waals surface area contributed by atoms with Crippen LogP contribution in [0.5, 0.6) is 0 Å². The lowest BCUT2D eigenvalue weighted by Crippen LogP contribution is -2.09. The van der Waals surface area contributed by atoms with Crippen LogP contribution >= 0.6 is 23.5 Å². The monoisotopic (exact) mass is 354 g/mol. The van der Waals surface area contributed by atoms with E-state index >= 15 is 0 Å². The molecular formula is C15H18N2O4S2. The quantitative estimate of drug-likeness (QED) is 0.337. The molecule has 0 amide bonds. The van der Waals surface area contributed by atoms with E-state index in [9.17, 15) is 9.59 Å². The Morgan fingerprint density at radius 1 is 1.39 bits per heavy atom. The molecule has 0 spiro atoms.